The molecule has 1 aliphatic carbocycles. The molecule has 0 saturated heterocycles. The molecule has 94 valence electrons. The lowest BCUT2D eigenvalue weighted by atomic mass is 9.80. The number of ether oxygens (including phenoxy) is 1. The summed E-state index contributed by atoms with van der Waals surface area (Å²) in [6.45, 7) is 0. The lowest BCUT2D eigenvalue weighted by Crippen LogP contribution is -2.43. The van der Waals surface area contributed by atoms with Gasteiger partial charge in [-0.2, -0.15) is 0 Å². The van der Waals surface area contributed by atoms with Crippen molar-refractivity contribution < 1.29 is 24.2 Å². The second-order valence-electron chi connectivity index (χ2n) is 4.36. The third kappa shape index (κ3) is 2.08. The zero-order valence-electron chi connectivity index (χ0n) is 9.68. The van der Waals surface area contributed by atoms with Gasteiger partial charge >= 0.3 is 5.97 Å². The van der Waals surface area contributed by atoms with Crippen LogP contribution in [0.2, 0.25) is 0 Å². The standard InChI is InChI=1S/C12H16O5/c1-16-9-4-2-3-7-12(9,15)10-6-5-8(17-10)11(13)14/h5-6,9,15H,2-4,7H2,1H3,(H,13,14). The molecule has 0 aliphatic heterocycles. The molecule has 2 N–H and O–H groups in total. The molecule has 1 aliphatic rings. The Morgan fingerprint density at radius 2 is 2.29 bits per heavy atom. The van der Waals surface area contributed by atoms with Crippen molar-refractivity contribution in [3.8, 4) is 0 Å². The molecular formula is C12H16O5. The number of methoxy groups -OCH3 is 1. The van der Waals surface area contributed by atoms with Gasteiger partial charge in [-0.15, -0.1) is 0 Å². The minimum Gasteiger partial charge on any atom is -0.475 e. The maximum absolute atomic E-state index is 10.7. The molecule has 1 saturated carbocycles. The second kappa shape index (κ2) is 4.50. The van der Waals surface area contributed by atoms with Gasteiger partial charge in [-0.25, -0.2) is 4.79 Å². The van der Waals surface area contributed by atoms with E-state index in [9.17, 15) is 9.90 Å². The van der Waals surface area contributed by atoms with Gasteiger partial charge in [-0.1, -0.05) is 6.42 Å². The number of hydrogen-bond acceptors (Lipinski definition) is 4. The molecule has 0 radical (unpaired) electrons. The molecule has 17 heavy (non-hydrogen) atoms. The molecule has 1 heterocycles. The summed E-state index contributed by atoms with van der Waals surface area (Å²) in [7, 11) is 1.54. The molecule has 0 aromatic carbocycles. The van der Waals surface area contributed by atoms with Gasteiger partial charge in [0.2, 0.25) is 5.76 Å². The fraction of sp³-hybridized carbons (Fsp3) is 0.583. The Morgan fingerprint density at radius 3 is 2.88 bits per heavy atom. The molecule has 1 aromatic rings. The molecular weight excluding hydrogens is 224 g/mol. The SMILES string of the molecule is COC1CCCCC1(O)c1ccc(C(=O)O)o1. The second-order valence-corrected chi connectivity index (χ2v) is 4.36. The number of rotatable bonds is 3. The minimum atomic E-state index is -1.21. The average Bonchev–Trinajstić information content (AvgIpc) is 2.79. The Balaban J connectivity index is 2.31. The van der Waals surface area contributed by atoms with E-state index in [4.69, 9.17) is 14.3 Å². The van der Waals surface area contributed by atoms with Crippen molar-refractivity contribution in [2.75, 3.05) is 7.11 Å². The van der Waals surface area contributed by atoms with Crippen LogP contribution in [0.15, 0.2) is 16.5 Å². The molecule has 5 nitrogen and oxygen atoms in total. The summed E-state index contributed by atoms with van der Waals surface area (Å²) in [5.41, 5.74) is -1.21. The molecule has 0 spiro atoms. The number of furan rings is 1. The van der Waals surface area contributed by atoms with Gasteiger partial charge in [0.05, 0.1) is 6.10 Å². The van der Waals surface area contributed by atoms with E-state index < -0.39 is 11.6 Å². The quantitative estimate of drug-likeness (QED) is 0.841. The molecule has 0 amide bonds. The third-order valence-corrected chi connectivity index (χ3v) is 3.33. The minimum absolute atomic E-state index is 0.158. The predicted octanol–water partition coefficient (Wildman–Crippen LogP) is 1.75. The lowest BCUT2D eigenvalue weighted by molar-refractivity contribution is -0.133. The fourth-order valence-electron chi connectivity index (χ4n) is 2.40. The van der Waals surface area contributed by atoms with Crippen LogP contribution in [0.25, 0.3) is 0 Å². The molecule has 1 aromatic heterocycles. The highest BCUT2D eigenvalue weighted by Gasteiger charge is 2.43. The predicted molar refractivity (Wildman–Crippen MR) is 58.8 cm³/mol. The van der Waals surface area contributed by atoms with Crippen LogP contribution in [0.3, 0.4) is 0 Å². The number of carboxylic acid groups (broad SMARTS) is 1. The van der Waals surface area contributed by atoms with Crippen molar-refractivity contribution in [2.24, 2.45) is 0 Å². The van der Waals surface area contributed by atoms with Crippen molar-refractivity contribution in [3.05, 3.63) is 23.7 Å². The lowest BCUT2D eigenvalue weighted by Gasteiger charge is -2.37. The first kappa shape index (κ1) is 12.1. The van der Waals surface area contributed by atoms with E-state index in [0.717, 1.165) is 19.3 Å². The highest BCUT2D eigenvalue weighted by molar-refractivity contribution is 5.84. The van der Waals surface area contributed by atoms with Crippen molar-refractivity contribution in [1.82, 2.24) is 0 Å². The number of hydrogen-bond donors (Lipinski definition) is 2. The summed E-state index contributed by atoms with van der Waals surface area (Å²) in [4.78, 5) is 10.7. The van der Waals surface area contributed by atoms with E-state index in [1.165, 1.54) is 12.1 Å². The average molecular weight is 240 g/mol. The summed E-state index contributed by atoms with van der Waals surface area (Å²) in [5, 5.41) is 19.4. The Kier molecular flexibility index (Phi) is 3.22. The van der Waals surface area contributed by atoms with Crippen LogP contribution in [0.1, 0.15) is 42.0 Å². The van der Waals surface area contributed by atoms with Crippen LogP contribution in [0.5, 0.6) is 0 Å². The smallest absolute Gasteiger partial charge is 0.371 e. The molecule has 1 fully saturated rings. The number of carboxylic acids is 1. The van der Waals surface area contributed by atoms with Gasteiger partial charge in [0.25, 0.3) is 0 Å². The molecule has 2 rings (SSSR count). The first-order valence-electron chi connectivity index (χ1n) is 5.66. The van der Waals surface area contributed by atoms with Crippen LogP contribution in [0.4, 0.5) is 0 Å². The molecule has 5 heteroatoms. The first-order chi connectivity index (χ1) is 8.08. The molecule has 2 unspecified atom stereocenters. The zero-order valence-corrected chi connectivity index (χ0v) is 9.68. The van der Waals surface area contributed by atoms with Crippen LogP contribution in [-0.4, -0.2) is 29.4 Å². The topological polar surface area (TPSA) is 79.9 Å². The largest absolute Gasteiger partial charge is 0.475 e. The van der Waals surface area contributed by atoms with Crippen molar-refractivity contribution in [1.29, 1.82) is 0 Å². The maximum Gasteiger partial charge on any atom is 0.371 e. The highest BCUT2D eigenvalue weighted by atomic mass is 16.5. The third-order valence-electron chi connectivity index (χ3n) is 3.33. The van der Waals surface area contributed by atoms with Crippen LogP contribution in [0, 0.1) is 0 Å². The Labute approximate surface area is 99.0 Å². The van der Waals surface area contributed by atoms with E-state index >= 15 is 0 Å². The van der Waals surface area contributed by atoms with Gasteiger partial charge in [-0.05, 0) is 31.4 Å². The normalized spacial score (nSPS) is 29.2. The Hall–Kier alpha value is -1.33. The van der Waals surface area contributed by atoms with Crippen LogP contribution < -0.4 is 0 Å². The number of aliphatic hydroxyl groups is 1. The summed E-state index contributed by atoms with van der Waals surface area (Å²) < 4.78 is 10.5. The van der Waals surface area contributed by atoms with Gasteiger partial charge in [-0.3, -0.25) is 0 Å². The van der Waals surface area contributed by atoms with E-state index in [2.05, 4.69) is 0 Å². The Morgan fingerprint density at radius 1 is 1.53 bits per heavy atom. The number of aromatic carboxylic acids is 1. The van der Waals surface area contributed by atoms with Crippen molar-refractivity contribution >= 4 is 5.97 Å². The van der Waals surface area contributed by atoms with E-state index in [-0.39, 0.29) is 17.6 Å². The molecule has 0 bridgehead atoms. The van der Waals surface area contributed by atoms with Gasteiger partial charge < -0.3 is 19.4 Å². The highest BCUT2D eigenvalue weighted by Crippen LogP contribution is 2.39. The van der Waals surface area contributed by atoms with Gasteiger partial charge in [0.1, 0.15) is 11.4 Å². The van der Waals surface area contributed by atoms with E-state index in [1.54, 1.807) is 7.11 Å². The van der Waals surface area contributed by atoms with Gasteiger partial charge in [0, 0.05) is 7.11 Å². The maximum atomic E-state index is 10.7. The summed E-state index contributed by atoms with van der Waals surface area (Å²) in [6.07, 6.45) is 2.80. The zero-order chi connectivity index (χ0) is 12.5. The monoisotopic (exact) mass is 240 g/mol. The first-order valence-corrected chi connectivity index (χ1v) is 5.66. The fourth-order valence-corrected chi connectivity index (χ4v) is 2.40. The van der Waals surface area contributed by atoms with Crippen molar-refractivity contribution in [3.63, 3.8) is 0 Å². The summed E-state index contributed by atoms with van der Waals surface area (Å²) in [5.74, 6) is -1.01. The number of carbonyl (C=O) groups is 1. The van der Waals surface area contributed by atoms with E-state index in [1.807, 2.05) is 0 Å². The van der Waals surface area contributed by atoms with Gasteiger partial charge in [0.15, 0.2) is 0 Å². The van der Waals surface area contributed by atoms with Crippen LogP contribution >= 0.6 is 0 Å². The summed E-state index contributed by atoms with van der Waals surface area (Å²) in [6, 6.07) is 2.87. The summed E-state index contributed by atoms with van der Waals surface area (Å²) >= 11 is 0. The van der Waals surface area contributed by atoms with Crippen LogP contribution in [-0.2, 0) is 10.3 Å². The Bertz CT molecular complexity index is 411. The van der Waals surface area contributed by atoms with E-state index in [0.29, 0.717) is 6.42 Å². The molecule has 2 atom stereocenters. The van der Waals surface area contributed by atoms with Crippen molar-refractivity contribution in [2.45, 2.75) is 37.4 Å².